The Morgan fingerprint density at radius 2 is 1.48 bits per heavy atom. The van der Waals surface area contributed by atoms with Crippen LogP contribution in [0.15, 0.2) is 36.4 Å². The van der Waals surface area contributed by atoms with Crippen molar-refractivity contribution in [2.75, 3.05) is 19.8 Å². The van der Waals surface area contributed by atoms with Gasteiger partial charge in [0.2, 0.25) is 0 Å². The van der Waals surface area contributed by atoms with E-state index in [4.69, 9.17) is 13.3 Å². The fraction of sp³-hybridized carbons (Fsp3) is 0.375. The Morgan fingerprint density at radius 3 is 2.05 bits per heavy atom. The van der Waals surface area contributed by atoms with Crippen LogP contribution in [0, 0.1) is 5.82 Å². The molecule has 2 aliphatic rings. The van der Waals surface area contributed by atoms with Crippen molar-refractivity contribution in [1.82, 2.24) is 0 Å². The van der Waals surface area contributed by atoms with Crippen LogP contribution in [-0.2, 0) is 13.3 Å². The summed E-state index contributed by atoms with van der Waals surface area (Å²) < 4.78 is 32.2. The average Bonchev–Trinajstić information content (AvgIpc) is 2.65. The molecule has 0 bridgehead atoms. The van der Waals surface area contributed by atoms with Crippen molar-refractivity contribution >= 4 is 14.0 Å². The zero-order valence-corrected chi connectivity index (χ0v) is 13.7. The van der Waals surface area contributed by atoms with Gasteiger partial charge in [0.15, 0.2) is 0 Å². The summed E-state index contributed by atoms with van der Waals surface area (Å²) in [4.78, 5) is 0. The fourth-order valence-corrected chi connectivity index (χ4v) is 4.99. The molecule has 3 nitrogen and oxygen atoms in total. The molecule has 0 saturated heterocycles. The molecule has 2 rings (SSSR count). The third-order valence-corrected chi connectivity index (χ3v) is 6.21. The molecule has 0 saturated carbocycles. The first-order chi connectivity index (χ1) is 10.2. The van der Waals surface area contributed by atoms with Gasteiger partial charge in [0, 0.05) is 25.4 Å². The zero-order valence-electron chi connectivity index (χ0n) is 12.7. The Kier molecular flexibility index (Phi) is 5.47. The van der Waals surface area contributed by atoms with E-state index < -0.39 is 8.80 Å². The van der Waals surface area contributed by atoms with Gasteiger partial charge in [0.05, 0.1) is 5.19 Å². The maximum atomic E-state index is 14.9. The lowest BCUT2D eigenvalue weighted by atomic mass is 10.2. The van der Waals surface area contributed by atoms with E-state index in [0.717, 1.165) is 5.56 Å². The molecule has 0 aromatic heterocycles. The molecule has 0 fully saturated rings. The average molecular weight is 308 g/mol. The van der Waals surface area contributed by atoms with Crippen molar-refractivity contribution in [2.24, 2.45) is 0 Å². The molecular formula is C16H21FO3Si. The molecule has 0 amide bonds. The third kappa shape index (κ3) is 3.16. The van der Waals surface area contributed by atoms with Gasteiger partial charge in [-0.25, -0.2) is 4.39 Å². The van der Waals surface area contributed by atoms with Crippen LogP contribution < -0.4 is 5.19 Å². The molecule has 0 aliphatic heterocycles. The summed E-state index contributed by atoms with van der Waals surface area (Å²) in [6.07, 6.45) is 0. The van der Waals surface area contributed by atoms with Crippen molar-refractivity contribution in [2.45, 2.75) is 20.8 Å². The van der Waals surface area contributed by atoms with Crippen LogP contribution in [0.2, 0.25) is 0 Å². The Balaban J connectivity index is 2.59. The predicted molar refractivity (Wildman–Crippen MR) is 83.3 cm³/mol. The van der Waals surface area contributed by atoms with Gasteiger partial charge in [-0.05, 0) is 32.4 Å². The molecule has 0 N–H and O–H groups in total. The Bertz CT molecular complexity index is 544. The maximum Gasteiger partial charge on any atom is 0.540 e. The van der Waals surface area contributed by atoms with Gasteiger partial charge in [-0.1, -0.05) is 30.3 Å². The summed E-state index contributed by atoms with van der Waals surface area (Å²) in [5.74, 6) is -0.303. The predicted octanol–water partition coefficient (Wildman–Crippen LogP) is 3.19. The van der Waals surface area contributed by atoms with Crippen LogP contribution in [0.25, 0.3) is 11.1 Å². The van der Waals surface area contributed by atoms with Gasteiger partial charge >= 0.3 is 8.80 Å². The summed E-state index contributed by atoms with van der Waals surface area (Å²) in [6, 6.07) is 11.0. The topological polar surface area (TPSA) is 27.7 Å². The van der Waals surface area contributed by atoms with Gasteiger partial charge in [-0.15, -0.1) is 0 Å². The highest BCUT2D eigenvalue weighted by atomic mass is 28.4. The first kappa shape index (κ1) is 16.1. The van der Waals surface area contributed by atoms with Crippen LogP contribution in [-0.4, -0.2) is 28.6 Å². The summed E-state index contributed by atoms with van der Waals surface area (Å²) in [5.41, 5.74) is 1.38. The molecule has 0 aromatic carbocycles. The molecule has 21 heavy (non-hydrogen) atoms. The number of halogens is 1. The quantitative estimate of drug-likeness (QED) is 0.735. The summed E-state index contributed by atoms with van der Waals surface area (Å²) in [7, 11) is -3.20. The van der Waals surface area contributed by atoms with E-state index in [1.54, 1.807) is 12.1 Å². The second kappa shape index (κ2) is 7.13. The molecule has 0 spiro atoms. The Morgan fingerprint density at radius 1 is 0.905 bits per heavy atom. The lowest BCUT2D eigenvalue weighted by Gasteiger charge is -2.27. The minimum atomic E-state index is -3.20. The van der Waals surface area contributed by atoms with E-state index in [1.807, 2.05) is 45.0 Å². The SMILES string of the molecule is CCO[Si](OCC)(OCC)c1cc2cccccc-2c1F. The third-order valence-electron chi connectivity index (χ3n) is 3.18. The van der Waals surface area contributed by atoms with E-state index in [-0.39, 0.29) is 5.82 Å². The van der Waals surface area contributed by atoms with Gasteiger partial charge in [0.1, 0.15) is 5.82 Å². The molecule has 114 valence electrons. The van der Waals surface area contributed by atoms with Crippen molar-refractivity contribution in [3.8, 4) is 11.1 Å². The van der Waals surface area contributed by atoms with E-state index in [0.29, 0.717) is 30.6 Å². The highest BCUT2D eigenvalue weighted by Gasteiger charge is 2.47. The second-order valence-electron chi connectivity index (χ2n) is 4.51. The van der Waals surface area contributed by atoms with Crippen molar-refractivity contribution < 1.29 is 17.7 Å². The lowest BCUT2D eigenvalue weighted by Crippen LogP contribution is -2.57. The maximum absolute atomic E-state index is 14.9. The minimum absolute atomic E-state index is 0.303. The van der Waals surface area contributed by atoms with E-state index in [2.05, 4.69) is 0 Å². The summed E-state index contributed by atoms with van der Waals surface area (Å²) in [5, 5.41) is 0.425. The highest BCUT2D eigenvalue weighted by Crippen LogP contribution is 2.27. The van der Waals surface area contributed by atoms with E-state index >= 15 is 0 Å². The van der Waals surface area contributed by atoms with Gasteiger partial charge in [-0.3, -0.25) is 0 Å². The van der Waals surface area contributed by atoms with Crippen LogP contribution in [0.5, 0.6) is 0 Å². The number of hydrogen-bond acceptors (Lipinski definition) is 3. The van der Waals surface area contributed by atoms with Gasteiger partial charge < -0.3 is 13.3 Å². The number of fused-ring (bicyclic) bond motifs is 1. The summed E-state index contributed by atoms with van der Waals surface area (Å²) >= 11 is 0. The fourth-order valence-electron chi connectivity index (χ4n) is 2.40. The van der Waals surface area contributed by atoms with Crippen molar-refractivity contribution in [3.05, 3.63) is 42.2 Å². The standard InChI is InChI=1S/C16H21FO3Si/c1-4-18-21(19-5-2,20-6-3)15-12-13-10-8-7-9-11-14(13)16(15)17/h7-12H,4-6H2,1-3H3. The van der Waals surface area contributed by atoms with Crippen molar-refractivity contribution in [3.63, 3.8) is 0 Å². The molecule has 0 atom stereocenters. The summed E-state index contributed by atoms with van der Waals surface area (Å²) in [6.45, 7) is 6.84. The molecule has 0 heterocycles. The van der Waals surface area contributed by atoms with Gasteiger partial charge in [0.25, 0.3) is 0 Å². The molecule has 0 unspecified atom stereocenters. The smallest absolute Gasteiger partial charge is 0.370 e. The number of hydrogen-bond donors (Lipinski definition) is 0. The van der Waals surface area contributed by atoms with Crippen LogP contribution in [0.3, 0.4) is 0 Å². The van der Waals surface area contributed by atoms with Gasteiger partial charge in [-0.2, -0.15) is 0 Å². The monoisotopic (exact) mass is 308 g/mol. The Hall–Kier alpha value is -1.27. The molecule has 0 aromatic rings. The molecular weight excluding hydrogens is 287 g/mol. The second-order valence-corrected chi connectivity index (χ2v) is 7.02. The first-order valence-corrected chi connectivity index (χ1v) is 9.00. The molecule has 0 radical (unpaired) electrons. The van der Waals surface area contributed by atoms with E-state index in [9.17, 15) is 4.39 Å². The first-order valence-electron chi connectivity index (χ1n) is 7.28. The lowest BCUT2D eigenvalue weighted by molar-refractivity contribution is 0.0853. The highest BCUT2D eigenvalue weighted by molar-refractivity contribution is 6.75. The minimum Gasteiger partial charge on any atom is -0.370 e. The van der Waals surface area contributed by atoms with Crippen molar-refractivity contribution in [1.29, 1.82) is 0 Å². The largest absolute Gasteiger partial charge is 0.540 e. The Labute approximate surface area is 126 Å². The number of rotatable bonds is 7. The van der Waals surface area contributed by atoms with E-state index in [1.165, 1.54) is 0 Å². The van der Waals surface area contributed by atoms with Crippen LogP contribution in [0.4, 0.5) is 4.39 Å². The van der Waals surface area contributed by atoms with Crippen LogP contribution in [0.1, 0.15) is 20.8 Å². The van der Waals surface area contributed by atoms with Crippen LogP contribution >= 0.6 is 0 Å². The molecule has 2 aliphatic carbocycles. The molecule has 5 heteroatoms. The zero-order chi connectivity index (χ0) is 15.3. The normalized spacial score (nSPS) is 12.0.